The molecule has 3 nitrogen and oxygen atoms in total. The molecule has 110 valence electrons. The molecule has 0 aliphatic rings. The minimum atomic E-state index is -1.46. The molecule has 0 aliphatic carbocycles. The normalized spacial score (nSPS) is 11.6. The fourth-order valence-corrected chi connectivity index (χ4v) is 1.70. The molecule has 6 heteroatoms. The molecule has 0 aromatic heterocycles. The van der Waals surface area contributed by atoms with Gasteiger partial charge in [-0.1, -0.05) is 15.9 Å². The molecule has 0 spiro atoms. The molecular weight excluding hydrogens is 346 g/mol. The van der Waals surface area contributed by atoms with Gasteiger partial charge in [0.2, 0.25) is 0 Å². The first kappa shape index (κ1) is 15.3. The van der Waals surface area contributed by atoms with Crippen LogP contribution in [0.3, 0.4) is 0 Å². The van der Waals surface area contributed by atoms with Crippen molar-refractivity contribution in [3.63, 3.8) is 0 Å². The molecule has 2 aromatic rings. The van der Waals surface area contributed by atoms with Gasteiger partial charge in [-0.25, -0.2) is 0 Å². The monoisotopic (exact) mass is 356 g/mol. The van der Waals surface area contributed by atoms with Crippen molar-refractivity contribution in [1.29, 1.82) is 0 Å². The van der Waals surface area contributed by atoms with Gasteiger partial charge in [-0.05, 0) is 48.5 Å². The van der Waals surface area contributed by atoms with E-state index < -0.39 is 12.0 Å². The van der Waals surface area contributed by atoms with E-state index in [1.165, 1.54) is 31.4 Å². The molecule has 0 atom stereocenters. The van der Waals surface area contributed by atoms with Gasteiger partial charge in [-0.3, -0.25) is 0 Å². The lowest BCUT2D eigenvalue weighted by molar-refractivity contribution is 0.203. The van der Waals surface area contributed by atoms with Gasteiger partial charge in [0.15, 0.2) is 0 Å². The van der Waals surface area contributed by atoms with Crippen LogP contribution in [0.25, 0.3) is 0 Å². The maximum atomic E-state index is 13.5. The molecule has 0 unspecified atom stereocenters. The molecule has 0 fully saturated rings. The molecule has 21 heavy (non-hydrogen) atoms. The molecule has 0 saturated heterocycles. The number of ether oxygens (including phenoxy) is 3. The summed E-state index contributed by atoms with van der Waals surface area (Å²) in [4.78, 5) is 0. The number of halogens is 3. The highest BCUT2D eigenvalue weighted by molar-refractivity contribution is 9.10. The van der Waals surface area contributed by atoms with Crippen molar-refractivity contribution in [2.24, 2.45) is 0 Å². The van der Waals surface area contributed by atoms with Crippen LogP contribution < -0.4 is 14.2 Å². The summed E-state index contributed by atoms with van der Waals surface area (Å²) in [7, 11) is 1.50. The summed E-state index contributed by atoms with van der Waals surface area (Å²) in [6.07, 6.45) is 0. The van der Waals surface area contributed by atoms with Crippen LogP contribution in [0.5, 0.6) is 17.2 Å². The Morgan fingerprint density at radius 1 is 0.762 bits per heavy atom. The molecule has 0 amide bonds. The summed E-state index contributed by atoms with van der Waals surface area (Å²) in [5.41, 5.74) is 0. The zero-order chi connectivity index (χ0) is 15.2. The van der Waals surface area contributed by atoms with Crippen molar-refractivity contribution in [1.82, 2.24) is 0 Å². The third-order valence-electron chi connectivity index (χ3n) is 2.44. The molecular formula is C15H11BrF2O3. The van der Waals surface area contributed by atoms with Crippen molar-refractivity contribution in [2.75, 3.05) is 7.11 Å². The van der Waals surface area contributed by atoms with E-state index in [-0.39, 0.29) is 11.5 Å². The molecule has 0 saturated carbocycles. The summed E-state index contributed by atoms with van der Waals surface area (Å²) in [5.74, 6) is 0.866. The second kappa shape index (κ2) is 7.08. The van der Waals surface area contributed by atoms with Crippen LogP contribution in [-0.2, 0) is 0 Å². The molecule has 0 radical (unpaired) electrons. The average Bonchev–Trinajstić information content (AvgIpc) is 2.50. The Kier molecular flexibility index (Phi) is 5.16. The summed E-state index contributed by atoms with van der Waals surface area (Å²) in [6.45, 7) is 0. The molecule has 0 heterocycles. The average molecular weight is 357 g/mol. The van der Waals surface area contributed by atoms with Crippen LogP contribution in [0.1, 0.15) is 0 Å². The summed E-state index contributed by atoms with van der Waals surface area (Å²) >= 11 is 3.23. The van der Waals surface area contributed by atoms with Crippen LogP contribution in [-0.4, -0.2) is 7.11 Å². The van der Waals surface area contributed by atoms with E-state index in [0.717, 1.165) is 4.47 Å². The quantitative estimate of drug-likeness (QED) is 0.707. The first-order valence-electron chi connectivity index (χ1n) is 5.89. The number of rotatable bonds is 5. The lowest BCUT2D eigenvalue weighted by Gasteiger charge is -2.06. The first-order valence-corrected chi connectivity index (χ1v) is 6.68. The van der Waals surface area contributed by atoms with E-state index >= 15 is 0 Å². The van der Waals surface area contributed by atoms with E-state index in [4.69, 9.17) is 14.2 Å². The maximum Gasteiger partial charge on any atom is 0.352 e. The second-order valence-corrected chi connectivity index (χ2v) is 4.80. The minimum Gasteiger partial charge on any atom is -0.497 e. The largest absolute Gasteiger partial charge is 0.497 e. The van der Waals surface area contributed by atoms with E-state index in [0.29, 0.717) is 5.75 Å². The van der Waals surface area contributed by atoms with Gasteiger partial charge in [0.25, 0.3) is 0 Å². The zero-order valence-corrected chi connectivity index (χ0v) is 12.6. The number of hydrogen-bond donors (Lipinski definition) is 0. The molecule has 0 N–H and O–H groups in total. The number of hydrogen-bond acceptors (Lipinski definition) is 3. The van der Waals surface area contributed by atoms with Crippen LogP contribution in [0, 0.1) is 0 Å². The van der Waals surface area contributed by atoms with Crippen LogP contribution in [0.15, 0.2) is 65.0 Å². The summed E-state index contributed by atoms with van der Waals surface area (Å²) in [6, 6.07) is 9.39. The van der Waals surface area contributed by atoms with E-state index in [2.05, 4.69) is 15.9 Å². The van der Waals surface area contributed by atoms with Crippen LogP contribution in [0.2, 0.25) is 0 Å². The standard InChI is InChI=1S/C15H11BrF2O3/c1-19-11-6-8-13(9-7-11)21-15(18)14(17)20-12-4-2-10(16)3-5-12/h2-9H,1H3/b15-14-. The van der Waals surface area contributed by atoms with Gasteiger partial charge in [-0.2, -0.15) is 8.78 Å². The Bertz CT molecular complexity index is 624. The highest BCUT2D eigenvalue weighted by Gasteiger charge is 2.12. The number of methoxy groups -OCH3 is 1. The predicted molar refractivity (Wildman–Crippen MR) is 77.6 cm³/mol. The number of benzene rings is 2. The van der Waals surface area contributed by atoms with E-state index in [1.807, 2.05) is 0 Å². The summed E-state index contributed by atoms with van der Waals surface area (Å²) in [5, 5.41) is 0. The van der Waals surface area contributed by atoms with E-state index in [1.54, 1.807) is 24.3 Å². The van der Waals surface area contributed by atoms with Gasteiger partial charge in [0.05, 0.1) is 7.11 Å². The Morgan fingerprint density at radius 2 is 1.14 bits per heavy atom. The van der Waals surface area contributed by atoms with Crippen molar-refractivity contribution in [2.45, 2.75) is 0 Å². The van der Waals surface area contributed by atoms with Gasteiger partial charge in [-0.15, -0.1) is 0 Å². The molecule has 2 rings (SSSR count). The Morgan fingerprint density at radius 3 is 1.57 bits per heavy atom. The van der Waals surface area contributed by atoms with Gasteiger partial charge < -0.3 is 14.2 Å². The Balaban J connectivity index is 2.05. The topological polar surface area (TPSA) is 27.7 Å². The first-order chi connectivity index (χ1) is 10.1. The summed E-state index contributed by atoms with van der Waals surface area (Å²) < 4.78 is 42.3. The van der Waals surface area contributed by atoms with Crippen molar-refractivity contribution in [3.05, 3.63) is 65.0 Å². The SMILES string of the molecule is COc1ccc(O/C(F)=C(/F)Oc2ccc(Br)cc2)cc1. The van der Waals surface area contributed by atoms with Crippen LogP contribution in [0.4, 0.5) is 8.78 Å². The third-order valence-corrected chi connectivity index (χ3v) is 2.97. The minimum absolute atomic E-state index is 0.128. The van der Waals surface area contributed by atoms with Gasteiger partial charge in [0.1, 0.15) is 17.2 Å². The second-order valence-electron chi connectivity index (χ2n) is 3.88. The molecule has 0 aliphatic heterocycles. The lowest BCUT2D eigenvalue weighted by atomic mass is 10.3. The van der Waals surface area contributed by atoms with Crippen molar-refractivity contribution < 1.29 is 23.0 Å². The maximum absolute atomic E-state index is 13.5. The van der Waals surface area contributed by atoms with Gasteiger partial charge in [0, 0.05) is 4.47 Å². The highest BCUT2D eigenvalue weighted by atomic mass is 79.9. The van der Waals surface area contributed by atoms with Crippen molar-refractivity contribution in [3.8, 4) is 17.2 Å². The lowest BCUT2D eigenvalue weighted by Crippen LogP contribution is -1.98. The fourth-order valence-electron chi connectivity index (χ4n) is 1.43. The molecule has 0 bridgehead atoms. The zero-order valence-electron chi connectivity index (χ0n) is 11.0. The van der Waals surface area contributed by atoms with Gasteiger partial charge >= 0.3 is 12.0 Å². The Hall–Kier alpha value is -2.08. The third kappa shape index (κ3) is 4.46. The predicted octanol–water partition coefficient (Wildman–Crippen LogP) is 4.98. The molecule has 2 aromatic carbocycles. The van der Waals surface area contributed by atoms with Crippen molar-refractivity contribution >= 4 is 15.9 Å². The van der Waals surface area contributed by atoms with Crippen LogP contribution >= 0.6 is 15.9 Å². The fraction of sp³-hybridized carbons (Fsp3) is 0.0667. The smallest absolute Gasteiger partial charge is 0.352 e. The Labute approximate surface area is 128 Å². The van der Waals surface area contributed by atoms with E-state index in [9.17, 15) is 8.78 Å². The highest BCUT2D eigenvalue weighted by Crippen LogP contribution is 2.23.